The van der Waals surface area contributed by atoms with Crippen LogP contribution in [0.1, 0.15) is 38.1 Å². The van der Waals surface area contributed by atoms with Crippen LogP contribution in [0.3, 0.4) is 0 Å². The maximum absolute atomic E-state index is 12.5. The standard InChI is InChI=1S/C19H21ClN2O3S2/c1-5-25-16(23)14-13(11-6-8-12(20)9-7-11)10-27-15(14)21-18(26)22-17(24)19(2,3)4/h6-10H,5H2,1-4H3,(H2,21,22,24,26). The van der Waals surface area contributed by atoms with Crippen molar-refractivity contribution in [3.63, 3.8) is 0 Å². The lowest BCUT2D eigenvalue weighted by Crippen LogP contribution is -2.41. The Morgan fingerprint density at radius 1 is 1.22 bits per heavy atom. The highest BCUT2D eigenvalue weighted by Crippen LogP contribution is 2.36. The van der Waals surface area contributed by atoms with Crippen molar-refractivity contribution in [3.8, 4) is 11.1 Å². The second-order valence-electron chi connectivity index (χ2n) is 6.74. The third-order valence-electron chi connectivity index (χ3n) is 3.56. The van der Waals surface area contributed by atoms with Crippen molar-refractivity contribution in [2.24, 2.45) is 5.41 Å². The van der Waals surface area contributed by atoms with E-state index in [4.69, 9.17) is 28.6 Å². The van der Waals surface area contributed by atoms with Crippen molar-refractivity contribution in [1.29, 1.82) is 0 Å². The van der Waals surface area contributed by atoms with Crippen molar-refractivity contribution in [3.05, 3.63) is 40.2 Å². The lowest BCUT2D eigenvalue weighted by Gasteiger charge is -2.18. The van der Waals surface area contributed by atoms with Gasteiger partial charge in [-0.3, -0.25) is 4.79 Å². The maximum Gasteiger partial charge on any atom is 0.341 e. The quantitative estimate of drug-likeness (QED) is 0.527. The molecule has 1 heterocycles. The number of halogens is 1. The Labute approximate surface area is 173 Å². The summed E-state index contributed by atoms with van der Waals surface area (Å²) in [5.74, 6) is -0.677. The molecule has 0 unspecified atom stereocenters. The first-order valence-electron chi connectivity index (χ1n) is 8.30. The number of benzene rings is 1. The summed E-state index contributed by atoms with van der Waals surface area (Å²) in [7, 11) is 0. The van der Waals surface area contributed by atoms with Gasteiger partial charge < -0.3 is 15.4 Å². The van der Waals surface area contributed by atoms with Gasteiger partial charge in [0.2, 0.25) is 5.91 Å². The molecule has 8 heteroatoms. The van der Waals surface area contributed by atoms with E-state index in [1.807, 2.05) is 17.5 Å². The molecule has 0 saturated heterocycles. The lowest BCUT2D eigenvalue weighted by molar-refractivity contribution is -0.126. The highest BCUT2D eigenvalue weighted by molar-refractivity contribution is 7.80. The number of hydrogen-bond donors (Lipinski definition) is 2. The molecule has 0 bridgehead atoms. The maximum atomic E-state index is 12.5. The Kier molecular flexibility index (Phi) is 6.97. The van der Waals surface area contributed by atoms with Crippen molar-refractivity contribution in [2.45, 2.75) is 27.7 Å². The van der Waals surface area contributed by atoms with Gasteiger partial charge in [-0.05, 0) is 36.8 Å². The van der Waals surface area contributed by atoms with Gasteiger partial charge >= 0.3 is 5.97 Å². The van der Waals surface area contributed by atoms with Crippen LogP contribution < -0.4 is 10.6 Å². The largest absolute Gasteiger partial charge is 0.462 e. The zero-order valence-electron chi connectivity index (χ0n) is 15.5. The van der Waals surface area contributed by atoms with E-state index < -0.39 is 11.4 Å². The van der Waals surface area contributed by atoms with Gasteiger partial charge in [-0.25, -0.2) is 4.79 Å². The Bertz CT molecular complexity index is 855. The second kappa shape index (κ2) is 8.82. The van der Waals surface area contributed by atoms with Crippen LogP contribution in [0.25, 0.3) is 11.1 Å². The number of ether oxygens (including phenoxy) is 1. The van der Waals surface area contributed by atoms with Crippen LogP contribution in [-0.2, 0) is 9.53 Å². The third kappa shape index (κ3) is 5.51. The van der Waals surface area contributed by atoms with Gasteiger partial charge in [0, 0.05) is 21.4 Å². The van der Waals surface area contributed by atoms with Gasteiger partial charge in [-0.15, -0.1) is 11.3 Å². The molecule has 0 spiro atoms. The summed E-state index contributed by atoms with van der Waals surface area (Å²) < 4.78 is 5.20. The summed E-state index contributed by atoms with van der Waals surface area (Å²) in [6.45, 7) is 7.36. The summed E-state index contributed by atoms with van der Waals surface area (Å²) in [5, 5.41) is 8.68. The highest BCUT2D eigenvalue weighted by atomic mass is 35.5. The number of thiocarbonyl (C=S) groups is 1. The molecule has 1 amide bonds. The minimum absolute atomic E-state index is 0.130. The third-order valence-corrected chi connectivity index (χ3v) is 4.91. The molecule has 0 aliphatic carbocycles. The molecule has 0 aliphatic rings. The van der Waals surface area contributed by atoms with Crippen LogP contribution in [-0.4, -0.2) is 23.6 Å². The van der Waals surface area contributed by atoms with E-state index in [-0.39, 0.29) is 17.6 Å². The number of carbonyl (C=O) groups excluding carboxylic acids is 2. The van der Waals surface area contributed by atoms with Crippen LogP contribution in [0.15, 0.2) is 29.6 Å². The average molecular weight is 425 g/mol. The molecule has 5 nitrogen and oxygen atoms in total. The summed E-state index contributed by atoms with van der Waals surface area (Å²) in [6, 6.07) is 7.17. The molecule has 0 atom stereocenters. The fourth-order valence-corrected chi connectivity index (χ4v) is 3.47. The van der Waals surface area contributed by atoms with Crippen LogP contribution in [0.2, 0.25) is 5.02 Å². The molecule has 0 fully saturated rings. The average Bonchev–Trinajstić information content (AvgIpc) is 2.98. The first-order chi connectivity index (χ1) is 12.6. The molecule has 27 heavy (non-hydrogen) atoms. The first kappa shape index (κ1) is 21.3. The zero-order chi connectivity index (χ0) is 20.2. The van der Waals surface area contributed by atoms with E-state index in [0.717, 1.165) is 5.56 Å². The fraction of sp³-hybridized carbons (Fsp3) is 0.316. The second-order valence-corrected chi connectivity index (χ2v) is 8.46. The Balaban J connectivity index is 2.33. The van der Waals surface area contributed by atoms with E-state index >= 15 is 0 Å². The number of thiophene rings is 1. The van der Waals surface area contributed by atoms with Crippen LogP contribution in [0.5, 0.6) is 0 Å². The van der Waals surface area contributed by atoms with E-state index in [1.165, 1.54) is 11.3 Å². The summed E-state index contributed by atoms with van der Waals surface area (Å²) in [4.78, 5) is 24.6. The van der Waals surface area contributed by atoms with Gasteiger partial charge in [0.05, 0.1) is 6.61 Å². The molecule has 1 aromatic carbocycles. The highest BCUT2D eigenvalue weighted by Gasteiger charge is 2.25. The SMILES string of the molecule is CCOC(=O)c1c(-c2ccc(Cl)cc2)csc1NC(=S)NC(=O)C(C)(C)C. The van der Waals surface area contributed by atoms with Crippen molar-refractivity contribution in [2.75, 3.05) is 11.9 Å². The first-order valence-corrected chi connectivity index (χ1v) is 9.97. The molecule has 0 saturated carbocycles. The van der Waals surface area contributed by atoms with Crippen molar-refractivity contribution < 1.29 is 14.3 Å². The smallest absolute Gasteiger partial charge is 0.341 e. The number of nitrogens with one attached hydrogen (secondary N) is 2. The van der Waals surface area contributed by atoms with E-state index in [1.54, 1.807) is 39.8 Å². The summed E-state index contributed by atoms with van der Waals surface area (Å²) in [6.07, 6.45) is 0. The van der Waals surface area contributed by atoms with Gasteiger partial charge in [0.1, 0.15) is 10.6 Å². The predicted octanol–water partition coefficient (Wildman–Crippen LogP) is 5.10. The number of esters is 1. The number of anilines is 1. The van der Waals surface area contributed by atoms with Crippen LogP contribution >= 0.6 is 35.2 Å². The molecule has 144 valence electrons. The van der Waals surface area contributed by atoms with Gasteiger partial charge in [0.25, 0.3) is 0 Å². The molecular weight excluding hydrogens is 404 g/mol. The minimum Gasteiger partial charge on any atom is -0.462 e. The van der Waals surface area contributed by atoms with Crippen LogP contribution in [0, 0.1) is 5.41 Å². The Morgan fingerprint density at radius 3 is 2.41 bits per heavy atom. The van der Waals surface area contributed by atoms with E-state index in [2.05, 4.69) is 10.6 Å². The lowest BCUT2D eigenvalue weighted by atomic mass is 9.96. The summed E-state index contributed by atoms with van der Waals surface area (Å²) in [5.41, 5.74) is 1.33. The zero-order valence-corrected chi connectivity index (χ0v) is 17.9. The fourth-order valence-electron chi connectivity index (χ4n) is 2.12. The molecule has 2 aromatic rings. The number of carbonyl (C=O) groups is 2. The van der Waals surface area contributed by atoms with Gasteiger partial charge in [-0.1, -0.05) is 44.5 Å². The normalized spacial score (nSPS) is 11.0. The topological polar surface area (TPSA) is 67.4 Å². The van der Waals surface area contributed by atoms with Gasteiger partial charge in [-0.2, -0.15) is 0 Å². The summed E-state index contributed by atoms with van der Waals surface area (Å²) >= 11 is 12.5. The van der Waals surface area contributed by atoms with E-state index in [9.17, 15) is 9.59 Å². The van der Waals surface area contributed by atoms with Gasteiger partial charge in [0.15, 0.2) is 5.11 Å². The monoisotopic (exact) mass is 424 g/mol. The number of amides is 1. The molecule has 1 aromatic heterocycles. The minimum atomic E-state index is -0.584. The molecule has 2 N–H and O–H groups in total. The molecule has 2 rings (SSSR count). The van der Waals surface area contributed by atoms with Crippen molar-refractivity contribution >= 4 is 57.1 Å². The number of hydrogen-bond acceptors (Lipinski definition) is 5. The Morgan fingerprint density at radius 2 is 1.85 bits per heavy atom. The molecule has 0 radical (unpaired) electrons. The molecule has 0 aliphatic heterocycles. The predicted molar refractivity (Wildman–Crippen MR) is 115 cm³/mol. The van der Waals surface area contributed by atoms with Crippen molar-refractivity contribution in [1.82, 2.24) is 5.32 Å². The Hall–Kier alpha value is -1.96. The molecular formula is C19H21ClN2O3S2. The van der Waals surface area contributed by atoms with Crippen LogP contribution in [0.4, 0.5) is 5.00 Å². The van der Waals surface area contributed by atoms with E-state index in [0.29, 0.717) is 21.2 Å². The number of rotatable bonds is 4.